The molecule has 0 N–H and O–H groups in total. The molecule has 0 unspecified atom stereocenters. The third-order valence-electron chi connectivity index (χ3n) is 1.42. The minimum atomic E-state index is -7.67. The van der Waals surface area contributed by atoms with Crippen molar-refractivity contribution in [3.63, 3.8) is 0 Å². The zero-order valence-corrected chi connectivity index (χ0v) is 10.6. The lowest BCUT2D eigenvalue weighted by molar-refractivity contribution is -0.382. The van der Waals surface area contributed by atoms with Gasteiger partial charge >= 0.3 is 44.1 Å². The summed E-state index contributed by atoms with van der Waals surface area (Å²) in [6, 6.07) is 0. The largest absolute Gasteiger partial charge is 0.476 e. The fraction of sp³-hybridized carbons (Fsp3) is 1.00. The normalized spacial score (nSPS) is 15.1. The first kappa shape index (κ1) is 23.3. The molecule has 0 bridgehead atoms. The van der Waals surface area contributed by atoms with Gasteiger partial charge in [-0.15, -0.1) is 0 Å². The summed E-state index contributed by atoms with van der Waals surface area (Å²) in [5.41, 5.74) is 0. The molecular formula is C4F12O4S2. The summed E-state index contributed by atoms with van der Waals surface area (Å²) in [6.45, 7) is 0. The number of hydrogen-bond acceptors (Lipinski definition) is 4. The highest BCUT2D eigenvalue weighted by atomic mass is 32.3. The van der Waals surface area contributed by atoms with Gasteiger partial charge in [0, 0.05) is 0 Å². The van der Waals surface area contributed by atoms with E-state index in [1.807, 2.05) is 0 Å². The van der Waals surface area contributed by atoms with Gasteiger partial charge in [0.25, 0.3) is 0 Å². The highest BCUT2D eigenvalue weighted by Crippen LogP contribution is 2.54. The SMILES string of the molecule is O=S(=O)(F)C(F)(F)C(F)(F)C(F)(F)C(F)(F)F.O=S(=O)(F)F. The lowest BCUT2D eigenvalue weighted by Crippen LogP contribution is -2.62. The molecule has 0 heterocycles. The second kappa shape index (κ2) is 5.93. The van der Waals surface area contributed by atoms with Crippen LogP contribution in [-0.2, 0) is 20.8 Å². The van der Waals surface area contributed by atoms with Crippen LogP contribution >= 0.6 is 0 Å². The summed E-state index contributed by atoms with van der Waals surface area (Å²) in [5.74, 6) is -14.9. The molecule has 0 aromatic heterocycles. The molecule has 0 rings (SSSR count). The second-order valence-corrected chi connectivity index (χ2v) is 5.12. The van der Waals surface area contributed by atoms with Crippen molar-refractivity contribution in [1.82, 2.24) is 0 Å². The van der Waals surface area contributed by atoms with Crippen molar-refractivity contribution in [2.75, 3.05) is 0 Å². The molecule has 0 radical (unpaired) electrons. The van der Waals surface area contributed by atoms with E-state index in [2.05, 4.69) is 0 Å². The Morgan fingerprint density at radius 3 is 0.909 bits per heavy atom. The van der Waals surface area contributed by atoms with Gasteiger partial charge in [0.1, 0.15) is 0 Å². The van der Waals surface area contributed by atoms with Crippen LogP contribution in [0.5, 0.6) is 0 Å². The summed E-state index contributed by atoms with van der Waals surface area (Å²) >= 11 is 0. The van der Waals surface area contributed by atoms with Crippen molar-refractivity contribution in [3.8, 4) is 0 Å². The second-order valence-electron chi connectivity index (χ2n) is 2.98. The van der Waals surface area contributed by atoms with Gasteiger partial charge in [0.2, 0.25) is 0 Å². The fourth-order valence-corrected chi connectivity index (χ4v) is 0.948. The molecule has 0 saturated heterocycles. The van der Waals surface area contributed by atoms with E-state index in [0.29, 0.717) is 0 Å². The van der Waals surface area contributed by atoms with Gasteiger partial charge in [-0.05, 0) is 0 Å². The summed E-state index contributed by atoms with van der Waals surface area (Å²) in [6.07, 6.45) is -7.19. The first-order valence-corrected chi connectivity index (χ1v) is 6.45. The Balaban J connectivity index is 0. The van der Waals surface area contributed by atoms with E-state index >= 15 is 0 Å². The Morgan fingerprint density at radius 1 is 0.545 bits per heavy atom. The standard InChI is InChI=1S/C4F10O2S.F2O2S/c5-1(6,3(9,10)11)2(7,8)4(12,13)17(14,15)16;1-5(2,3)4. The maximum Gasteiger partial charge on any atom is 0.476 e. The Kier molecular flexibility index (Phi) is 6.29. The Morgan fingerprint density at radius 2 is 0.773 bits per heavy atom. The van der Waals surface area contributed by atoms with Crippen LogP contribution in [0.2, 0.25) is 0 Å². The molecule has 0 saturated carbocycles. The molecule has 0 aromatic carbocycles. The number of halogens is 12. The Labute approximate surface area is 113 Å². The maximum absolute atomic E-state index is 12.1. The van der Waals surface area contributed by atoms with Crippen molar-refractivity contribution < 1.29 is 68.0 Å². The van der Waals surface area contributed by atoms with E-state index in [4.69, 9.17) is 8.42 Å². The van der Waals surface area contributed by atoms with E-state index in [1.54, 1.807) is 0 Å². The predicted octanol–water partition coefficient (Wildman–Crippen LogP) is 2.88. The van der Waals surface area contributed by atoms with Crippen molar-refractivity contribution in [3.05, 3.63) is 0 Å². The summed E-state index contributed by atoms with van der Waals surface area (Å²) in [5, 5.41) is -7.22. The third-order valence-corrected chi connectivity index (χ3v) is 2.29. The smallest absolute Gasteiger partial charge is 0.191 e. The quantitative estimate of drug-likeness (QED) is 0.536. The molecule has 136 valence electrons. The molecule has 0 aliphatic carbocycles. The minimum absolute atomic E-state index is 5.67. The predicted molar refractivity (Wildman–Crippen MR) is 42.1 cm³/mol. The third kappa shape index (κ3) is 5.06. The van der Waals surface area contributed by atoms with Crippen molar-refractivity contribution in [1.29, 1.82) is 0 Å². The zero-order valence-electron chi connectivity index (χ0n) is 8.99. The number of rotatable bonds is 3. The Hall–Kier alpha value is -0.940. The first-order chi connectivity index (χ1) is 9.00. The van der Waals surface area contributed by atoms with Crippen LogP contribution in [0.1, 0.15) is 0 Å². The zero-order chi connectivity index (χ0) is 19.0. The average molecular weight is 404 g/mol. The minimum Gasteiger partial charge on any atom is -0.191 e. The van der Waals surface area contributed by atoms with Crippen LogP contribution in [0.25, 0.3) is 0 Å². The van der Waals surface area contributed by atoms with Gasteiger partial charge < -0.3 is 0 Å². The molecule has 22 heavy (non-hydrogen) atoms. The van der Waals surface area contributed by atoms with E-state index in [0.717, 1.165) is 0 Å². The summed E-state index contributed by atoms with van der Waals surface area (Å²) < 4.78 is 174. The highest BCUT2D eigenvalue weighted by molar-refractivity contribution is 7.87. The molecular weight excluding hydrogens is 404 g/mol. The lowest BCUT2D eigenvalue weighted by atomic mass is 10.1. The molecule has 0 fully saturated rings. The molecule has 4 nitrogen and oxygen atoms in total. The molecule has 0 aliphatic heterocycles. The van der Waals surface area contributed by atoms with Gasteiger partial charge in [-0.1, -0.05) is 11.7 Å². The maximum atomic E-state index is 12.1. The van der Waals surface area contributed by atoms with Crippen LogP contribution in [0.3, 0.4) is 0 Å². The van der Waals surface area contributed by atoms with Crippen LogP contribution in [0.4, 0.5) is 51.2 Å². The Bertz CT molecular complexity index is 577. The van der Waals surface area contributed by atoms with E-state index in [-0.39, 0.29) is 0 Å². The van der Waals surface area contributed by atoms with Crippen LogP contribution in [-0.4, -0.2) is 40.1 Å². The topological polar surface area (TPSA) is 68.3 Å². The molecule has 0 aliphatic rings. The van der Waals surface area contributed by atoms with Crippen molar-refractivity contribution >= 4 is 20.8 Å². The van der Waals surface area contributed by atoms with E-state index in [9.17, 15) is 59.6 Å². The van der Waals surface area contributed by atoms with Crippen molar-refractivity contribution in [2.45, 2.75) is 23.3 Å². The molecule has 18 heteroatoms. The highest BCUT2D eigenvalue weighted by Gasteiger charge is 2.85. The monoisotopic (exact) mass is 404 g/mol. The fourth-order valence-electron chi connectivity index (χ4n) is 0.514. The van der Waals surface area contributed by atoms with Gasteiger partial charge in [-0.25, -0.2) is 0 Å². The van der Waals surface area contributed by atoms with Gasteiger partial charge in [0.05, 0.1) is 0 Å². The molecule has 0 aromatic rings. The lowest BCUT2D eigenvalue weighted by Gasteiger charge is -2.31. The van der Waals surface area contributed by atoms with Crippen molar-refractivity contribution in [2.24, 2.45) is 0 Å². The number of alkyl halides is 9. The van der Waals surface area contributed by atoms with Crippen LogP contribution < -0.4 is 0 Å². The molecule has 0 amide bonds. The van der Waals surface area contributed by atoms with Gasteiger partial charge in [-0.2, -0.15) is 56.3 Å². The molecule has 0 spiro atoms. The van der Waals surface area contributed by atoms with E-state index in [1.165, 1.54) is 0 Å². The number of hydrogen-bond donors (Lipinski definition) is 0. The van der Waals surface area contributed by atoms with Crippen LogP contribution in [0, 0.1) is 0 Å². The van der Waals surface area contributed by atoms with Gasteiger partial charge in [0.15, 0.2) is 0 Å². The first-order valence-electron chi connectivity index (χ1n) is 3.78. The van der Waals surface area contributed by atoms with Crippen LogP contribution in [0.15, 0.2) is 0 Å². The summed E-state index contributed by atoms with van der Waals surface area (Å²) in [7, 11) is -13.3. The molecule has 0 atom stereocenters. The van der Waals surface area contributed by atoms with E-state index < -0.39 is 44.1 Å². The average Bonchev–Trinajstić information content (AvgIpc) is 2.10. The van der Waals surface area contributed by atoms with Gasteiger partial charge in [-0.3, -0.25) is 0 Å². The summed E-state index contributed by atoms with van der Waals surface area (Å²) in [4.78, 5) is 0.